The molecule has 2 aliphatic rings. The van der Waals surface area contributed by atoms with Gasteiger partial charge in [-0.15, -0.1) is 0 Å². The lowest BCUT2D eigenvalue weighted by Gasteiger charge is -2.54. The van der Waals surface area contributed by atoms with E-state index in [1.54, 1.807) is 0 Å². The third-order valence-electron chi connectivity index (χ3n) is 4.63. The van der Waals surface area contributed by atoms with E-state index in [2.05, 4.69) is 33.0 Å². The van der Waals surface area contributed by atoms with Crippen molar-refractivity contribution in [2.75, 3.05) is 11.5 Å². The van der Waals surface area contributed by atoms with E-state index >= 15 is 0 Å². The molecule has 0 radical (unpaired) electrons. The summed E-state index contributed by atoms with van der Waals surface area (Å²) in [4.78, 5) is 11.7. The molecule has 2 rings (SSSR count). The molecule has 1 amide bonds. The lowest BCUT2D eigenvalue weighted by molar-refractivity contribution is -0.120. The summed E-state index contributed by atoms with van der Waals surface area (Å²) in [6.07, 6.45) is 1.93. The van der Waals surface area contributed by atoms with E-state index in [1.165, 1.54) is 12.2 Å². The lowest BCUT2D eigenvalue weighted by Crippen LogP contribution is -2.57. The summed E-state index contributed by atoms with van der Waals surface area (Å²) < 4.78 is 0. The highest BCUT2D eigenvalue weighted by Gasteiger charge is 2.60. The van der Waals surface area contributed by atoms with Crippen LogP contribution in [0.25, 0.3) is 0 Å². The topological polar surface area (TPSA) is 29.1 Å². The fourth-order valence-corrected chi connectivity index (χ4v) is 5.33. The highest BCUT2D eigenvalue weighted by molar-refractivity contribution is 7.99. The molecule has 0 aromatic carbocycles. The average Bonchev–Trinajstić information content (AvgIpc) is 2.29. The minimum absolute atomic E-state index is 0.0546. The van der Waals surface area contributed by atoms with Gasteiger partial charge in [0, 0.05) is 23.1 Å². The van der Waals surface area contributed by atoms with Crippen LogP contribution in [0.2, 0.25) is 0 Å². The maximum atomic E-state index is 11.7. The van der Waals surface area contributed by atoms with Crippen molar-refractivity contribution in [3.63, 3.8) is 0 Å². The van der Waals surface area contributed by atoms with Gasteiger partial charge in [-0.25, -0.2) is 0 Å². The summed E-state index contributed by atoms with van der Waals surface area (Å²) in [5, 5.41) is 3.16. The van der Waals surface area contributed by atoms with Gasteiger partial charge in [-0.3, -0.25) is 4.79 Å². The predicted octanol–water partition coefficient (Wildman–Crippen LogP) is 2.43. The van der Waals surface area contributed by atoms with Gasteiger partial charge in [0.15, 0.2) is 0 Å². The molecule has 3 heteroatoms. The van der Waals surface area contributed by atoms with Crippen molar-refractivity contribution < 1.29 is 4.79 Å². The molecule has 2 saturated heterocycles. The van der Waals surface area contributed by atoms with Gasteiger partial charge in [-0.2, -0.15) is 11.8 Å². The van der Waals surface area contributed by atoms with Gasteiger partial charge in [0.25, 0.3) is 0 Å². The molecular weight excluding hydrogens is 206 g/mol. The molecule has 2 aliphatic heterocycles. The minimum atomic E-state index is -0.0546. The molecule has 0 aliphatic carbocycles. The number of carbonyl (C=O) groups is 1. The Bertz CT molecular complexity index is 298. The summed E-state index contributed by atoms with van der Waals surface area (Å²) in [5.41, 5.74) is 0.349. The van der Waals surface area contributed by atoms with Crippen LogP contribution in [-0.4, -0.2) is 23.0 Å². The normalized spacial score (nSPS) is 38.0. The number of rotatable bonds is 0. The molecule has 2 fully saturated rings. The molecule has 15 heavy (non-hydrogen) atoms. The average molecular weight is 227 g/mol. The maximum absolute atomic E-state index is 11.7. The molecule has 1 atom stereocenters. The molecule has 0 aromatic rings. The number of carbonyl (C=O) groups excluding carboxylic acids is 1. The number of amides is 1. The Kier molecular flexibility index (Phi) is 2.38. The zero-order chi connectivity index (χ0) is 11.3. The molecule has 0 aromatic heterocycles. The third kappa shape index (κ3) is 1.42. The molecule has 0 saturated carbocycles. The summed E-state index contributed by atoms with van der Waals surface area (Å²) in [5.74, 6) is 2.58. The highest BCUT2D eigenvalue weighted by Crippen LogP contribution is 2.58. The highest BCUT2D eigenvalue weighted by atomic mass is 32.2. The number of nitrogens with one attached hydrogen (secondary N) is 1. The fourth-order valence-electron chi connectivity index (χ4n) is 3.33. The van der Waals surface area contributed by atoms with E-state index in [4.69, 9.17) is 0 Å². The Labute approximate surface area is 96.6 Å². The van der Waals surface area contributed by atoms with Crippen LogP contribution in [-0.2, 0) is 4.79 Å². The van der Waals surface area contributed by atoms with Gasteiger partial charge in [0.05, 0.1) is 0 Å². The SMILES string of the molecule is CC1(C)CCSCC12CC(=O)NC2(C)C. The maximum Gasteiger partial charge on any atom is 0.221 e. The van der Waals surface area contributed by atoms with Gasteiger partial charge in [0.1, 0.15) is 0 Å². The van der Waals surface area contributed by atoms with Crippen molar-refractivity contribution in [2.24, 2.45) is 10.8 Å². The van der Waals surface area contributed by atoms with Crippen LogP contribution in [0, 0.1) is 10.8 Å². The van der Waals surface area contributed by atoms with Gasteiger partial charge in [-0.1, -0.05) is 13.8 Å². The molecule has 1 spiro atoms. The number of hydrogen-bond acceptors (Lipinski definition) is 2. The molecule has 86 valence electrons. The van der Waals surface area contributed by atoms with Gasteiger partial charge >= 0.3 is 0 Å². The summed E-state index contributed by atoms with van der Waals surface area (Å²) in [6.45, 7) is 9.03. The second-order valence-corrected chi connectivity index (χ2v) is 7.22. The molecule has 0 bridgehead atoms. The van der Waals surface area contributed by atoms with E-state index in [0.29, 0.717) is 6.42 Å². The monoisotopic (exact) mass is 227 g/mol. The van der Waals surface area contributed by atoms with E-state index in [1.807, 2.05) is 11.8 Å². The van der Waals surface area contributed by atoms with Crippen LogP contribution in [0.15, 0.2) is 0 Å². The fraction of sp³-hybridized carbons (Fsp3) is 0.917. The molecule has 1 unspecified atom stereocenters. The molecule has 2 nitrogen and oxygen atoms in total. The van der Waals surface area contributed by atoms with Crippen molar-refractivity contribution in [3.8, 4) is 0 Å². The van der Waals surface area contributed by atoms with E-state index in [-0.39, 0.29) is 22.3 Å². The van der Waals surface area contributed by atoms with Crippen LogP contribution in [0.5, 0.6) is 0 Å². The van der Waals surface area contributed by atoms with Crippen LogP contribution < -0.4 is 5.32 Å². The predicted molar refractivity (Wildman–Crippen MR) is 65.0 cm³/mol. The van der Waals surface area contributed by atoms with Crippen molar-refractivity contribution in [2.45, 2.75) is 46.1 Å². The number of hydrogen-bond donors (Lipinski definition) is 1. The van der Waals surface area contributed by atoms with Crippen molar-refractivity contribution >= 4 is 17.7 Å². The Morgan fingerprint density at radius 3 is 2.40 bits per heavy atom. The minimum Gasteiger partial charge on any atom is -0.351 e. The second-order valence-electron chi connectivity index (χ2n) is 6.12. The first-order valence-electron chi connectivity index (χ1n) is 5.70. The standard InChI is InChI=1S/C12H21NOS/c1-10(2)5-6-15-8-12(10)7-9(14)13-11(12,3)4/h5-8H2,1-4H3,(H,13,14). The van der Waals surface area contributed by atoms with E-state index in [0.717, 1.165) is 5.75 Å². The van der Waals surface area contributed by atoms with Crippen LogP contribution in [0.1, 0.15) is 40.5 Å². The van der Waals surface area contributed by atoms with Crippen molar-refractivity contribution in [1.29, 1.82) is 0 Å². The van der Waals surface area contributed by atoms with Crippen LogP contribution >= 0.6 is 11.8 Å². The molecule has 1 N–H and O–H groups in total. The van der Waals surface area contributed by atoms with Crippen molar-refractivity contribution in [1.82, 2.24) is 5.32 Å². The molecule has 2 heterocycles. The van der Waals surface area contributed by atoms with Gasteiger partial charge in [0.2, 0.25) is 5.91 Å². The van der Waals surface area contributed by atoms with Gasteiger partial charge < -0.3 is 5.32 Å². The van der Waals surface area contributed by atoms with Crippen LogP contribution in [0.4, 0.5) is 0 Å². The summed E-state index contributed by atoms with van der Waals surface area (Å²) in [6, 6.07) is 0. The smallest absolute Gasteiger partial charge is 0.221 e. The first-order chi connectivity index (χ1) is 6.81. The van der Waals surface area contributed by atoms with E-state index in [9.17, 15) is 4.79 Å². The first kappa shape index (κ1) is 11.3. The first-order valence-corrected chi connectivity index (χ1v) is 6.85. The summed E-state index contributed by atoms with van der Waals surface area (Å²) >= 11 is 2.01. The Morgan fingerprint density at radius 2 is 1.93 bits per heavy atom. The second kappa shape index (κ2) is 3.16. The Morgan fingerprint density at radius 1 is 1.27 bits per heavy atom. The quantitative estimate of drug-likeness (QED) is 0.688. The van der Waals surface area contributed by atoms with Gasteiger partial charge in [-0.05, 0) is 31.4 Å². The number of thioether (sulfide) groups is 1. The Hall–Kier alpha value is -0.180. The van der Waals surface area contributed by atoms with Crippen LogP contribution in [0.3, 0.4) is 0 Å². The van der Waals surface area contributed by atoms with Crippen molar-refractivity contribution in [3.05, 3.63) is 0 Å². The largest absolute Gasteiger partial charge is 0.351 e. The van der Waals surface area contributed by atoms with E-state index < -0.39 is 0 Å². The zero-order valence-electron chi connectivity index (χ0n) is 10.1. The summed E-state index contributed by atoms with van der Waals surface area (Å²) in [7, 11) is 0. The Balaban J connectivity index is 2.42. The lowest BCUT2D eigenvalue weighted by atomic mass is 9.56. The zero-order valence-corrected chi connectivity index (χ0v) is 11.0. The third-order valence-corrected chi connectivity index (χ3v) is 5.82. The molecular formula is C12H21NOS.